The van der Waals surface area contributed by atoms with Gasteiger partial charge >= 0.3 is 0 Å². The number of carbonyl (C=O) groups is 3. The lowest BCUT2D eigenvalue weighted by Gasteiger charge is -2.32. The van der Waals surface area contributed by atoms with Crippen molar-refractivity contribution in [2.45, 2.75) is 84.7 Å². The first-order valence-corrected chi connectivity index (χ1v) is 10.2. The Labute approximate surface area is 158 Å². The van der Waals surface area contributed by atoms with Crippen LogP contribution in [0.4, 0.5) is 0 Å². The number of Topliss-reactive ketones (excluding diaryl/α,β-unsaturated/α-hetero) is 1. The zero-order valence-electron chi connectivity index (χ0n) is 17.0. The van der Waals surface area contributed by atoms with E-state index in [9.17, 15) is 14.4 Å². The van der Waals surface area contributed by atoms with Gasteiger partial charge in [-0.15, -0.1) is 0 Å². The van der Waals surface area contributed by atoms with E-state index in [0.29, 0.717) is 38.5 Å². The predicted molar refractivity (Wildman–Crippen MR) is 104 cm³/mol. The Hall–Kier alpha value is -1.43. The van der Waals surface area contributed by atoms with E-state index >= 15 is 0 Å². The maximum Gasteiger partial charge on any atom is 0.234 e. The van der Waals surface area contributed by atoms with Gasteiger partial charge < -0.3 is 15.5 Å². The third-order valence-electron chi connectivity index (χ3n) is 5.14. The molecule has 1 unspecified atom stereocenters. The minimum atomic E-state index is 0.0323. The molecule has 1 aliphatic heterocycles. The molecule has 0 aromatic heterocycles. The van der Waals surface area contributed by atoms with Crippen LogP contribution in [0, 0.1) is 5.92 Å². The zero-order chi connectivity index (χ0) is 19.5. The minimum absolute atomic E-state index is 0.0323. The summed E-state index contributed by atoms with van der Waals surface area (Å²) >= 11 is 0. The number of piperidine rings is 1. The molecular formula is C20H37N3O3. The van der Waals surface area contributed by atoms with E-state index in [1.807, 2.05) is 18.7 Å². The molecule has 1 fully saturated rings. The monoisotopic (exact) mass is 367 g/mol. The van der Waals surface area contributed by atoms with Gasteiger partial charge in [0.25, 0.3) is 0 Å². The van der Waals surface area contributed by atoms with Crippen LogP contribution in [0.3, 0.4) is 0 Å². The molecule has 1 heterocycles. The first-order chi connectivity index (χ1) is 12.3. The summed E-state index contributed by atoms with van der Waals surface area (Å²) < 4.78 is 0. The van der Waals surface area contributed by atoms with Crippen molar-refractivity contribution in [3.63, 3.8) is 0 Å². The van der Waals surface area contributed by atoms with Gasteiger partial charge in [-0.1, -0.05) is 20.8 Å². The van der Waals surface area contributed by atoms with Crippen molar-refractivity contribution >= 4 is 17.6 Å². The standard InChI is InChI=1S/C20H37N3O3/c1-5-16(4)21-14-19(25)22-17-10-12-23(13-11-17)20(26)9-7-6-8-18(24)15(2)3/h15-17,21H,5-14H2,1-4H3,(H,22,25). The molecule has 1 saturated heterocycles. The third kappa shape index (κ3) is 8.79. The molecule has 0 aromatic rings. The Morgan fingerprint density at radius 3 is 2.23 bits per heavy atom. The Balaban J connectivity index is 2.17. The van der Waals surface area contributed by atoms with Gasteiger partial charge in [-0.2, -0.15) is 0 Å². The van der Waals surface area contributed by atoms with Crippen molar-refractivity contribution in [2.24, 2.45) is 5.92 Å². The van der Waals surface area contributed by atoms with Crippen molar-refractivity contribution < 1.29 is 14.4 Å². The summed E-state index contributed by atoms with van der Waals surface area (Å²) in [5, 5.41) is 6.25. The largest absolute Gasteiger partial charge is 0.352 e. The maximum atomic E-state index is 12.3. The lowest BCUT2D eigenvalue weighted by atomic mass is 10.0. The van der Waals surface area contributed by atoms with Crippen molar-refractivity contribution in [1.82, 2.24) is 15.5 Å². The van der Waals surface area contributed by atoms with Crippen LogP contribution in [-0.4, -0.2) is 54.2 Å². The quantitative estimate of drug-likeness (QED) is 0.549. The van der Waals surface area contributed by atoms with Crippen LogP contribution >= 0.6 is 0 Å². The molecule has 0 saturated carbocycles. The van der Waals surface area contributed by atoms with E-state index in [1.165, 1.54) is 0 Å². The highest BCUT2D eigenvalue weighted by Crippen LogP contribution is 2.13. The Morgan fingerprint density at radius 2 is 1.65 bits per heavy atom. The average molecular weight is 368 g/mol. The van der Waals surface area contributed by atoms with Gasteiger partial charge in [0.05, 0.1) is 6.54 Å². The van der Waals surface area contributed by atoms with Gasteiger partial charge in [0.15, 0.2) is 0 Å². The number of amides is 2. The van der Waals surface area contributed by atoms with Crippen LogP contribution in [0.15, 0.2) is 0 Å². The van der Waals surface area contributed by atoms with Crippen molar-refractivity contribution in [2.75, 3.05) is 19.6 Å². The normalized spacial score (nSPS) is 16.6. The summed E-state index contributed by atoms with van der Waals surface area (Å²) in [7, 11) is 0. The van der Waals surface area contributed by atoms with E-state index in [-0.39, 0.29) is 29.6 Å². The van der Waals surface area contributed by atoms with Gasteiger partial charge in [0.1, 0.15) is 5.78 Å². The van der Waals surface area contributed by atoms with Gasteiger partial charge in [0, 0.05) is 43.9 Å². The average Bonchev–Trinajstić information content (AvgIpc) is 2.63. The predicted octanol–water partition coefficient (Wildman–Crippen LogP) is 2.27. The summed E-state index contributed by atoms with van der Waals surface area (Å²) in [5.41, 5.74) is 0. The van der Waals surface area contributed by atoms with E-state index < -0.39 is 0 Å². The zero-order valence-corrected chi connectivity index (χ0v) is 17.0. The lowest BCUT2D eigenvalue weighted by molar-refractivity contribution is -0.132. The molecule has 0 aromatic carbocycles. The van der Waals surface area contributed by atoms with Crippen molar-refractivity contribution in [3.8, 4) is 0 Å². The topological polar surface area (TPSA) is 78.5 Å². The highest BCUT2D eigenvalue weighted by atomic mass is 16.2. The van der Waals surface area contributed by atoms with Crippen molar-refractivity contribution in [3.05, 3.63) is 0 Å². The van der Waals surface area contributed by atoms with E-state index in [4.69, 9.17) is 0 Å². The van der Waals surface area contributed by atoms with Crippen LogP contribution in [-0.2, 0) is 14.4 Å². The van der Waals surface area contributed by atoms with Crippen LogP contribution < -0.4 is 10.6 Å². The number of nitrogens with one attached hydrogen (secondary N) is 2. The molecule has 0 radical (unpaired) electrons. The molecule has 0 aliphatic carbocycles. The Bertz CT molecular complexity index is 457. The molecular weight excluding hydrogens is 330 g/mol. The molecule has 0 bridgehead atoms. The second-order valence-electron chi connectivity index (χ2n) is 7.74. The van der Waals surface area contributed by atoms with Gasteiger partial charge in [-0.25, -0.2) is 0 Å². The number of hydrogen-bond acceptors (Lipinski definition) is 4. The van der Waals surface area contributed by atoms with Crippen LogP contribution in [0.25, 0.3) is 0 Å². The van der Waals surface area contributed by atoms with Gasteiger partial charge in [-0.05, 0) is 39.0 Å². The Kier molecular flexibility index (Phi) is 10.5. The molecule has 26 heavy (non-hydrogen) atoms. The number of ketones is 1. The van der Waals surface area contributed by atoms with Gasteiger partial charge in [0.2, 0.25) is 11.8 Å². The fraction of sp³-hybridized carbons (Fsp3) is 0.850. The number of likely N-dealkylation sites (tertiary alicyclic amines) is 1. The second-order valence-corrected chi connectivity index (χ2v) is 7.74. The Morgan fingerprint density at radius 1 is 1.04 bits per heavy atom. The maximum absolute atomic E-state index is 12.3. The van der Waals surface area contributed by atoms with Crippen LogP contribution in [0.5, 0.6) is 0 Å². The van der Waals surface area contributed by atoms with Crippen LogP contribution in [0.2, 0.25) is 0 Å². The molecule has 1 rings (SSSR count). The summed E-state index contributed by atoms with van der Waals surface area (Å²) in [5.74, 6) is 0.562. The number of unbranched alkanes of at least 4 members (excludes halogenated alkanes) is 1. The highest BCUT2D eigenvalue weighted by molar-refractivity contribution is 5.80. The van der Waals surface area contributed by atoms with Crippen molar-refractivity contribution in [1.29, 1.82) is 0 Å². The molecule has 2 N–H and O–H groups in total. The SMILES string of the molecule is CCC(C)NCC(=O)NC1CCN(C(=O)CCCCC(=O)C(C)C)CC1. The summed E-state index contributed by atoms with van der Waals surface area (Å²) in [6, 6.07) is 0.505. The molecule has 6 heteroatoms. The lowest BCUT2D eigenvalue weighted by Crippen LogP contribution is -2.48. The van der Waals surface area contributed by atoms with E-state index in [1.54, 1.807) is 0 Å². The fourth-order valence-electron chi connectivity index (χ4n) is 2.99. The van der Waals surface area contributed by atoms with Gasteiger partial charge in [-0.3, -0.25) is 14.4 Å². The second kappa shape index (κ2) is 12.0. The van der Waals surface area contributed by atoms with E-state index in [0.717, 1.165) is 32.1 Å². The minimum Gasteiger partial charge on any atom is -0.352 e. The first-order valence-electron chi connectivity index (χ1n) is 10.2. The molecule has 2 amide bonds. The third-order valence-corrected chi connectivity index (χ3v) is 5.14. The van der Waals surface area contributed by atoms with Crippen LogP contribution in [0.1, 0.15) is 72.6 Å². The smallest absolute Gasteiger partial charge is 0.234 e. The molecule has 150 valence electrons. The highest BCUT2D eigenvalue weighted by Gasteiger charge is 2.23. The first kappa shape index (κ1) is 22.6. The molecule has 1 atom stereocenters. The fourth-order valence-corrected chi connectivity index (χ4v) is 2.99. The molecule has 1 aliphatic rings. The molecule has 0 spiro atoms. The summed E-state index contributed by atoms with van der Waals surface area (Å²) in [6.45, 7) is 9.73. The van der Waals surface area contributed by atoms with E-state index in [2.05, 4.69) is 24.5 Å². The number of nitrogens with zero attached hydrogens (tertiary/aromatic N) is 1. The number of hydrogen-bond donors (Lipinski definition) is 2. The number of carbonyl (C=O) groups excluding carboxylic acids is 3. The summed E-state index contributed by atoms with van der Waals surface area (Å²) in [4.78, 5) is 37.7. The molecule has 6 nitrogen and oxygen atoms in total. The number of rotatable bonds is 11. The summed E-state index contributed by atoms with van der Waals surface area (Å²) in [6.07, 6.45) is 5.28.